The third-order valence-corrected chi connectivity index (χ3v) is 2.67. The van der Waals surface area contributed by atoms with E-state index in [0.717, 1.165) is 18.9 Å². The van der Waals surface area contributed by atoms with Crippen LogP contribution in [0.1, 0.15) is 0 Å². The Hall–Kier alpha value is -2.22. The molecule has 19 heavy (non-hydrogen) atoms. The molecular weight excluding hydrogens is 252 g/mol. The van der Waals surface area contributed by atoms with Crippen LogP contribution in [0.5, 0.6) is 0 Å². The molecule has 0 spiro atoms. The van der Waals surface area contributed by atoms with Crippen LogP contribution >= 0.6 is 0 Å². The van der Waals surface area contributed by atoms with Crippen molar-refractivity contribution in [1.82, 2.24) is 10.2 Å². The third kappa shape index (κ3) is 5.30. The van der Waals surface area contributed by atoms with E-state index in [-0.39, 0.29) is 0 Å². The van der Waals surface area contributed by atoms with Gasteiger partial charge in [0.2, 0.25) is 0 Å². The molecule has 8 heteroatoms. The average molecular weight is 268 g/mol. The van der Waals surface area contributed by atoms with Crippen LogP contribution in [0.4, 0.5) is 5.82 Å². The van der Waals surface area contributed by atoms with Crippen molar-refractivity contribution in [3.63, 3.8) is 0 Å². The number of piperazine rings is 1. The van der Waals surface area contributed by atoms with E-state index in [1.54, 1.807) is 11.1 Å². The summed E-state index contributed by atoms with van der Waals surface area (Å²) in [7, 11) is 2.23. The zero-order valence-corrected chi connectivity index (χ0v) is 10.6. The van der Waals surface area contributed by atoms with Crippen molar-refractivity contribution < 1.29 is 24.7 Å². The van der Waals surface area contributed by atoms with E-state index in [2.05, 4.69) is 22.1 Å². The number of aromatic nitrogens is 2. The zero-order valence-electron chi connectivity index (χ0n) is 10.6. The zero-order chi connectivity index (χ0) is 14.3. The lowest BCUT2D eigenvalue weighted by Gasteiger charge is -2.30. The predicted molar refractivity (Wildman–Crippen MR) is 63.5 cm³/mol. The van der Waals surface area contributed by atoms with Gasteiger partial charge >= 0.3 is 5.97 Å². The van der Waals surface area contributed by atoms with Crippen LogP contribution < -0.4 is 14.9 Å². The molecule has 1 aliphatic heterocycles. The summed E-state index contributed by atoms with van der Waals surface area (Å²) in [5.74, 6) is -3.00. The highest BCUT2D eigenvalue weighted by atomic mass is 16.4. The summed E-state index contributed by atoms with van der Waals surface area (Å²) in [5, 5.41) is 24.3. The quantitative estimate of drug-likeness (QED) is 0.511. The van der Waals surface area contributed by atoms with Gasteiger partial charge in [0.25, 0.3) is 0 Å². The van der Waals surface area contributed by atoms with Gasteiger partial charge in [-0.05, 0) is 12.1 Å². The second kappa shape index (κ2) is 7.27. The third-order valence-electron chi connectivity index (χ3n) is 2.67. The smallest absolute Gasteiger partial charge is 0.351 e. The van der Waals surface area contributed by atoms with Crippen molar-refractivity contribution >= 4 is 17.8 Å². The number of nitrogens with zero attached hydrogens (tertiary/aromatic N) is 3. The summed E-state index contributed by atoms with van der Waals surface area (Å²) in [5.41, 5.74) is 0. The second-order valence-electron chi connectivity index (χ2n) is 4.12. The van der Waals surface area contributed by atoms with Crippen LogP contribution in [0.3, 0.4) is 0 Å². The molecule has 0 aromatic carbocycles. The molecule has 0 saturated carbocycles. The normalized spacial score (nSPS) is 15.3. The molecule has 0 unspecified atom stereocenters. The Balaban J connectivity index is 0.000000258. The number of carbonyl (C=O) groups is 2. The molecule has 1 aromatic heterocycles. The molecule has 2 rings (SSSR count). The first-order valence-corrected chi connectivity index (χ1v) is 5.79. The molecule has 0 radical (unpaired) electrons. The molecule has 104 valence electrons. The number of carboxylic acids is 2. The van der Waals surface area contributed by atoms with Gasteiger partial charge in [0.1, 0.15) is 0 Å². The van der Waals surface area contributed by atoms with E-state index in [4.69, 9.17) is 19.8 Å². The van der Waals surface area contributed by atoms with Gasteiger partial charge in [-0.1, -0.05) is 0 Å². The summed E-state index contributed by atoms with van der Waals surface area (Å²) in [4.78, 5) is 21.9. The number of quaternary nitrogens is 1. The molecule has 8 nitrogen and oxygen atoms in total. The van der Waals surface area contributed by atoms with Crippen LogP contribution in [0, 0.1) is 0 Å². The molecule has 1 aromatic rings. The summed E-state index contributed by atoms with van der Waals surface area (Å²) in [6.45, 7) is 4.56. The molecule has 1 aliphatic rings. The van der Waals surface area contributed by atoms with Crippen LogP contribution in [0.15, 0.2) is 18.3 Å². The SMILES string of the molecule is C[NH+]1CCN(c2cccnn2)CC1.O=C([O-])C(=O)O. The number of hydrogen-bond acceptors (Lipinski definition) is 6. The minimum absolute atomic E-state index is 1.01. The Morgan fingerprint density at radius 2 is 2.00 bits per heavy atom. The minimum atomic E-state index is -2.07. The largest absolute Gasteiger partial charge is 0.539 e. The molecule has 2 N–H and O–H groups in total. The lowest BCUT2D eigenvalue weighted by Crippen LogP contribution is -3.12. The maximum atomic E-state index is 9.04. The topological polar surface area (TPSA) is 111 Å². The monoisotopic (exact) mass is 268 g/mol. The van der Waals surface area contributed by atoms with Gasteiger partial charge < -0.3 is 24.8 Å². The molecule has 2 heterocycles. The Morgan fingerprint density at radius 1 is 1.42 bits per heavy atom. The van der Waals surface area contributed by atoms with Crippen molar-refractivity contribution in [3.8, 4) is 0 Å². The molecule has 1 fully saturated rings. The summed E-state index contributed by atoms with van der Waals surface area (Å²) >= 11 is 0. The second-order valence-corrected chi connectivity index (χ2v) is 4.12. The first-order chi connectivity index (χ1) is 9.00. The highest BCUT2D eigenvalue weighted by molar-refractivity contribution is 6.26. The Kier molecular flexibility index (Phi) is 5.68. The van der Waals surface area contributed by atoms with Gasteiger partial charge in [-0.2, -0.15) is 5.10 Å². The number of anilines is 1. The standard InChI is InChI=1S/C9H14N4.C2H2O4/c1-12-5-7-13(8-6-12)9-3-2-4-10-11-9;3-1(4)2(5)6/h2-4H,5-8H2,1H3;(H,3,4)(H,5,6). The van der Waals surface area contributed by atoms with Gasteiger partial charge in [0.15, 0.2) is 11.8 Å². The van der Waals surface area contributed by atoms with Crippen LogP contribution in [-0.2, 0) is 9.59 Å². The fourth-order valence-electron chi connectivity index (χ4n) is 1.58. The van der Waals surface area contributed by atoms with E-state index in [9.17, 15) is 0 Å². The Morgan fingerprint density at radius 3 is 2.42 bits per heavy atom. The summed E-state index contributed by atoms with van der Waals surface area (Å²) < 4.78 is 0. The van der Waals surface area contributed by atoms with E-state index in [1.807, 2.05) is 12.1 Å². The fraction of sp³-hybridized carbons (Fsp3) is 0.455. The van der Waals surface area contributed by atoms with E-state index in [0.29, 0.717) is 0 Å². The number of rotatable bonds is 1. The highest BCUT2D eigenvalue weighted by Gasteiger charge is 2.17. The predicted octanol–water partition coefficient (Wildman–Crippen LogP) is -3.37. The van der Waals surface area contributed by atoms with Gasteiger partial charge in [0, 0.05) is 6.20 Å². The first kappa shape index (κ1) is 14.8. The van der Waals surface area contributed by atoms with Crippen molar-refractivity contribution in [2.75, 3.05) is 38.1 Å². The highest BCUT2D eigenvalue weighted by Crippen LogP contribution is 2.06. The molecule has 0 aliphatic carbocycles. The minimum Gasteiger partial charge on any atom is -0.539 e. The Bertz CT molecular complexity index is 406. The fourth-order valence-corrected chi connectivity index (χ4v) is 1.58. The van der Waals surface area contributed by atoms with Crippen LogP contribution in [-0.4, -0.2) is 60.5 Å². The summed E-state index contributed by atoms with van der Waals surface area (Å²) in [6.07, 6.45) is 1.71. The number of aliphatic carboxylic acids is 2. The maximum Gasteiger partial charge on any atom is 0.351 e. The molecular formula is C11H16N4O4. The van der Waals surface area contributed by atoms with Crippen LogP contribution in [0.2, 0.25) is 0 Å². The number of likely N-dealkylation sites (N-methyl/N-ethyl adjacent to an activating group) is 1. The molecule has 0 bridgehead atoms. The number of carboxylic acid groups (broad SMARTS) is 2. The lowest BCUT2D eigenvalue weighted by molar-refractivity contribution is -0.880. The summed E-state index contributed by atoms with van der Waals surface area (Å²) in [6, 6.07) is 3.96. The van der Waals surface area contributed by atoms with Crippen molar-refractivity contribution in [2.45, 2.75) is 0 Å². The van der Waals surface area contributed by atoms with E-state index >= 15 is 0 Å². The van der Waals surface area contributed by atoms with Gasteiger partial charge in [-0.25, -0.2) is 4.79 Å². The average Bonchev–Trinajstić information content (AvgIpc) is 2.41. The van der Waals surface area contributed by atoms with E-state index < -0.39 is 11.9 Å². The van der Waals surface area contributed by atoms with Gasteiger partial charge in [0.05, 0.1) is 33.2 Å². The number of carbonyl (C=O) groups excluding carboxylic acids is 1. The van der Waals surface area contributed by atoms with E-state index in [1.165, 1.54) is 13.1 Å². The maximum absolute atomic E-state index is 9.04. The number of hydrogen-bond donors (Lipinski definition) is 2. The van der Waals surface area contributed by atoms with Crippen molar-refractivity contribution in [3.05, 3.63) is 18.3 Å². The van der Waals surface area contributed by atoms with Gasteiger partial charge in [-0.3, -0.25) is 0 Å². The molecule has 0 atom stereocenters. The molecule has 1 saturated heterocycles. The number of nitrogens with one attached hydrogen (secondary N) is 1. The van der Waals surface area contributed by atoms with Crippen LogP contribution in [0.25, 0.3) is 0 Å². The first-order valence-electron chi connectivity index (χ1n) is 5.79. The van der Waals surface area contributed by atoms with Gasteiger partial charge in [-0.15, -0.1) is 5.10 Å². The lowest BCUT2D eigenvalue weighted by atomic mass is 10.3. The Labute approximate surface area is 110 Å². The molecule has 0 amide bonds. The van der Waals surface area contributed by atoms with Crippen molar-refractivity contribution in [1.29, 1.82) is 0 Å². The van der Waals surface area contributed by atoms with Crippen molar-refractivity contribution in [2.24, 2.45) is 0 Å².